The minimum Gasteiger partial charge on any atom is -0.507 e. The number of unbranched alkanes of at least 4 members (excludes halogenated alkanes) is 2. The smallest absolute Gasteiger partial charge is 0.339 e. The van der Waals surface area contributed by atoms with Gasteiger partial charge in [0.1, 0.15) is 23.7 Å². The number of rotatable bonds is 10. The fraction of sp³-hybridized carbons (Fsp3) is 0.240. The molecule has 3 aromatic rings. The topological polar surface area (TPSA) is 91.5 Å². The van der Waals surface area contributed by atoms with E-state index in [0.29, 0.717) is 18.0 Å². The van der Waals surface area contributed by atoms with Crippen LogP contribution in [0.4, 0.5) is 11.4 Å². The molecule has 0 saturated heterocycles. The maximum absolute atomic E-state index is 11.1. The molecule has 31 heavy (non-hydrogen) atoms. The quantitative estimate of drug-likeness (QED) is 0.279. The number of ether oxygens (including phenoxy) is 1. The molecule has 0 spiro atoms. The van der Waals surface area contributed by atoms with Crippen LogP contribution in [0.2, 0.25) is 0 Å². The second-order valence-electron chi connectivity index (χ2n) is 7.26. The van der Waals surface area contributed by atoms with Crippen molar-refractivity contribution in [1.29, 1.82) is 0 Å². The molecule has 160 valence electrons. The first-order chi connectivity index (χ1) is 15.0. The van der Waals surface area contributed by atoms with Crippen molar-refractivity contribution >= 4 is 17.3 Å². The van der Waals surface area contributed by atoms with Crippen molar-refractivity contribution in [2.75, 3.05) is 0 Å². The summed E-state index contributed by atoms with van der Waals surface area (Å²) in [6.07, 6.45) is 4.84. The van der Waals surface area contributed by atoms with Crippen LogP contribution in [-0.2, 0) is 13.0 Å². The Kier molecular flexibility index (Phi) is 7.76. The number of carboxylic acids is 1. The van der Waals surface area contributed by atoms with Gasteiger partial charge in [0.25, 0.3) is 0 Å². The van der Waals surface area contributed by atoms with Crippen molar-refractivity contribution in [3.8, 4) is 11.5 Å². The monoisotopic (exact) mass is 418 g/mol. The van der Waals surface area contributed by atoms with E-state index in [1.54, 1.807) is 12.1 Å². The molecule has 0 aliphatic heterocycles. The Hall–Kier alpha value is -3.67. The van der Waals surface area contributed by atoms with Crippen molar-refractivity contribution in [1.82, 2.24) is 0 Å². The summed E-state index contributed by atoms with van der Waals surface area (Å²) in [6, 6.07) is 19.8. The highest BCUT2D eigenvalue weighted by molar-refractivity contribution is 5.91. The molecule has 0 bridgehead atoms. The first-order valence-corrected chi connectivity index (χ1v) is 10.3. The van der Waals surface area contributed by atoms with Gasteiger partial charge in [0.2, 0.25) is 0 Å². The van der Waals surface area contributed by atoms with Crippen LogP contribution >= 0.6 is 0 Å². The molecule has 0 radical (unpaired) electrons. The maximum atomic E-state index is 11.1. The molecule has 0 unspecified atom stereocenters. The molecule has 3 aromatic carbocycles. The van der Waals surface area contributed by atoms with E-state index in [0.717, 1.165) is 17.7 Å². The molecular weight excluding hydrogens is 392 g/mol. The van der Waals surface area contributed by atoms with Gasteiger partial charge in [-0.1, -0.05) is 44.0 Å². The third-order valence-corrected chi connectivity index (χ3v) is 4.83. The molecule has 0 amide bonds. The van der Waals surface area contributed by atoms with Crippen LogP contribution in [0.3, 0.4) is 0 Å². The first kappa shape index (κ1) is 22.0. The fourth-order valence-electron chi connectivity index (χ4n) is 3.03. The third-order valence-electron chi connectivity index (χ3n) is 4.83. The molecule has 0 heterocycles. The van der Waals surface area contributed by atoms with Crippen molar-refractivity contribution in [2.24, 2.45) is 10.2 Å². The highest BCUT2D eigenvalue weighted by atomic mass is 16.5. The van der Waals surface area contributed by atoms with Crippen LogP contribution in [0.1, 0.15) is 47.7 Å². The summed E-state index contributed by atoms with van der Waals surface area (Å²) in [5.74, 6) is -0.801. The van der Waals surface area contributed by atoms with Crippen LogP contribution in [0, 0.1) is 0 Å². The summed E-state index contributed by atoms with van der Waals surface area (Å²) in [5, 5.41) is 26.7. The van der Waals surface area contributed by atoms with Crippen molar-refractivity contribution < 1.29 is 19.7 Å². The number of benzene rings is 3. The van der Waals surface area contributed by atoms with Gasteiger partial charge in [0.05, 0.1) is 11.4 Å². The average molecular weight is 418 g/mol. The van der Waals surface area contributed by atoms with E-state index >= 15 is 0 Å². The lowest BCUT2D eigenvalue weighted by atomic mass is 10.1. The van der Waals surface area contributed by atoms with Crippen molar-refractivity contribution in [2.45, 2.75) is 39.2 Å². The minimum absolute atomic E-state index is 0.214. The molecule has 0 aromatic heterocycles. The Morgan fingerprint density at radius 2 is 1.52 bits per heavy atom. The highest BCUT2D eigenvalue weighted by Gasteiger charge is 2.09. The molecular formula is C25H26N2O4. The lowest BCUT2D eigenvalue weighted by Gasteiger charge is -2.07. The fourth-order valence-corrected chi connectivity index (χ4v) is 3.03. The van der Waals surface area contributed by atoms with E-state index in [9.17, 15) is 9.90 Å². The van der Waals surface area contributed by atoms with E-state index in [-0.39, 0.29) is 11.3 Å². The van der Waals surface area contributed by atoms with Gasteiger partial charge in [0.15, 0.2) is 0 Å². The number of azo groups is 1. The lowest BCUT2D eigenvalue weighted by molar-refractivity contribution is 0.0693. The van der Waals surface area contributed by atoms with Crippen molar-refractivity contribution in [3.63, 3.8) is 0 Å². The summed E-state index contributed by atoms with van der Waals surface area (Å²) in [5.41, 5.74) is 3.21. The molecule has 0 atom stereocenters. The number of nitrogens with zero attached hydrogens (tertiary/aromatic N) is 2. The summed E-state index contributed by atoms with van der Waals surface area (Å²) in [6.45, 7) is 2.70. The van der Waals surface area contributed by atoms with Gasteiger partial charge < -0.3 is 14.9 Å². The van der Waals surface area contributed by atoms with Gasteiger partial charge in [-0.3, -0.25) is 0 Å². The number of aromatic carboxylic acids is 1. The summed E-state index contributed by atoms with van der Waals surface area (Å²) < 4.78 is 5.84. The zero-order valence-electron chi connectivity index (χ0n) is 17.5. The van der Waals surface area contributed by atoms with Crippen LogP contribution in [-0.4, -0.2) is 16.2 Å². The Morgan fingerprint density at radius 1 is 0.871 bits per heavy atom. The van der Waals surface area contributed by atoms with Crippen LogP contribution in [0.5, 0.6) is 11.5 Å². The van der Waals surface area contributed by atoms with Gasteiger partial charge in [-0.15, -0.1) is 0 Å². The molecule has 6 nitrogen and oxygen atoms in total. The van der Waals surface area contributed by atoms with E-state index in [2.05, 4.69) is 41.4 Å². The van der Waals surface area contributed by atoms with Gasteiger partial charge in [-0.25, -0.2) is 4.79 Å². The predicted molar refractivity (Wildman–Crippen MR) is 120 cm³/mol. The summed E-state index contributed by atoms with van der Waals surface area (Å²) in [7, 11) is 0. The number of aryl methyl sites for hydroxylation is 1. The minimum atomic E-state index is -1.22. The van der Waals surface area contributed by atoms with Gasteiger partial charge in [-0.05, 0) is 66.4 Å². The second-order valence-corrected chi connectivity index (χ2v) is 7.26. The van der Waals surface area contributed by atoms with Gasteiger partial charge in [0, 0.05) is 0 Å². The maximum Gasteiger partial charge on any atom is 0.339 e. The standard InChI is InChI=1S/C25H26N2O4/c1-2-3-4-5-18-6-8-19(9-7-18)17-31-22-13-10-20(11-14-22)26-27-21-12-15-24(28)23(16-21)25(29)30/h6-16,28H,2-5,17H2,1H3,(H,29,30). The van der Waals surface area contributed by atoms with E-state index in [1.807, 2.05) is 12.1 Å². The predicted octanol–water partition coefficient (Wildman–Crippen LogP) is 6.82. The lowest BCUT2D eigenvalue weighted by Crippen LogP contribution is -1.95. The first-order valence-electron chi connectivity index (χ1n) is 10.3. The largest absolute Gasteiger partial charge is 0.507 e. The number of carboxylic acid groups (broad SMARTS) is 1. The zero-order chi connectivity index (χ0) is 22.1. The van der Waals surface area contributed by atoms with E-state index < -0.39 is 5.97 Å². The second kappa shape index (κ2) is 10.9. The molecule has 0 saturated carbocycles. The number of hydrogen-bond donors (Lipinski definition) is 2. The van der Waals surface area contributed by atoms with Gasteiger partial charge in [-0.2, -0.15) is 10.2 Å². The Bertz CT molecular complexity index is 1030. The summed E-state index contributed by atoms with van der Waals surface area (Å²) in [4.78, 5) is 11.1. The molecule has 0 aliphatic rings. The van der Waals surface area contributed by atoms with Crippen LogP contribution < -0.4 is 4.74 Å². The van der Waals surface area contributed by atoms with E-state index in [1.165, 1.54) is 43.0 Å². The normalized spacial score (nSPS) is 11.0. The van der Waals surface area contributed by atoms with Crippen molar-refractivity contribution in [3.05, 3.63) is 83.4 Å². The Labute approximate surface area is 181 Å². The highest BCUT2D eigenvalue weighted by Crippen LogP contribution is 2.26. The summed E-state index contributed by atoms with van der Waals surface area (Å²) >= 11 is 0. The van der Waals surface area contributed by atoms with Crippen LogP contribution in [0.25, 0.3) is 0 Å². The number of aromatic hydroxyl groups is 1. The SMILES string of the molecule is CCCCCc1ccc(COc2ccc(N=Nc3ccc(O)c(C(=O)O)c3)cc2)cc1. The third kappa shape index (κ3) is 6.67. The number of carbonyl (C=O) groups is 1. The number of hydrogen-bond acceptors (Lipinski definition) is 5. The molecule has 2 N–H and O–H groups in total. The molecule has 0 fully saturated rings. The van der Waals surface area contributed by atoms with Crippen LogP contribution in [0.15, 0.2) is 77.0 Å². The Balaban J connectivity index is 1.54. The van der Waals surface area contributed by atoms with E-state index in [4.69, 9.17) is 9.84 Å². The molecule has 3 rings (SSSR count). The number of phenols is 1. The Morgan fingerprint density at radius 3 is 2.19 bits per heavy atom. The molecule has 6 heteroatoms. The zero-order valence-corrected chi connectivity index (χ0v) is 17.5. The molecule has 0 aliphatic carbocycles. The average Bonchev–Trinajstić information content (AvgIpc) is 2.78. The van der Waals surface area contributed by atoms with Gasteiger partial charge >= 0.3 is 5.97 Å².